The molecule has 4 heteroatoms. The molecule has 1 fully saturated rings. The number of anilines is 1. The molecule has 0 atom stereocenters. The van der Waals surface area contributed by atoms with Crippen LogP contribution in [0.25, 0.3) is 0 Å². The number of rotatable bonds is 7. The molecule has 2 aromatic carbocycles. The maximum absolute atomic E-state index is 13.3. The molecule has 0 saturated heterocycles. The van der Waals surface area contributed by atoms with Gasteiger partial charge >= 0.3 is 0 Å². The van der Waals surface area contributed by atoms with Crippen molar-refractivity contribution in [3.05, 3.63) is 65.5 Å². The number of halogens is 1. The highest BCUT2D eigenvalue weighted by Crippen LogP contribution is 2.29. The fourth-order valence-electron chi connectivity index (χ4n) is 2.99. The summed E-state index contributed by atoms with van der Waals surface area (Å²) in [5.41, 5.74) is 2.76. The molecule has 3 rings (SSSR count). The van der Waals surface area contributed by atoms with Crippen molar-refractivity contribution in [3.63, 3.8) is 0 Å². The molecule has 132 valence electrons. The number of carbonyl (C=O) groups excluding carboxylic acids is 1. The van der Waals surface area contributed by atoms with Crippen molar-refractivity contribution in [2.75, 3.05) is 25.0 Å². The Morgan fingerprint density at radius 1 is 1.16 bits per heavy atom. The van der Waals surface area contributed by atoms with Gasteiger partial charge in [-0.1, -0.05) is 12.1 Å². The molecule has 2 aromatic rings. The smallest absolute Gasteiger partial charge is 0.254 e. The minimum absolute atomic E-state index is 0.0737. The van der Waals surface area contributed by atoms with Crippen LogP contribution < -0.4 is 4.90 Å². The molecule has 0 bridgehead atoms. The molecule has 1 aliphatic carbocycles. The Balaban J connectivity index is 1.68. The van der Waals surface area contributed by atoms with Crippen molar-refractivity contribution in [3.8, 4) is 0 Å². The van der Waals surface area contributed by atoms with Gasteiger partial charge in [0.15, 0.2) is 0 Å². The zero-order valence-corrected chi connectivity index (χ0v) is 14.9. The summed E-state index contributed by atoms with van der Waals surface area (Å²) in [5.74, 6) is -0.151. The van der Waals surface area contributed by atoms with Gasteiger partial charge in [-0.3, -0.25) is 4.79 Å². The van der Waals surface area contributed by atoms with Crippen LogP contribution in [0.5, 0.6) is 0 Å². The van der Waals surface area contributed by atoms with E-state index in [-0.39, 0.29) is 11.7 Å². The average Bonchev–Trinajstić information content (AvgIpc) is 3.46. The molecule has 0 radical (unpaired) electrons. The lowest BCUT2D eigenvalue weighted by molar-refractivity contribution is 0.0745. The van der Waals surface area contributed by atoms with Gasteiger partial charge in [0.2, 0.25) is 0 Å². The summed E-state index contributed by atoms with van der Waals surface area (Å²) in [5, 5.41) is 0. The van der Waals surface area contributed by atoms with Crippen molar-refractivity contribution < 1.29 is 9.18 Å². The van der Waals surface area contributed by atoms with E-state index in [1.54, 1.807) is 12.1 Å². The third-order valence-corrected chi connectivity index (χ3v) is 4.81. The van der Waals surface area contributed by atoms with Gasteiger partial charge in [-0.15, -0.1) is 0 Å². The normalized spacial score (nSPS) is 13.6. The summed E-state index contributed by atoms with van der Waals surface area (Å²) >= 11 is 0. The number of hydrogen-bond acceptors (Lipinski definition) is 2. The van der Waals surface area contributed by atoms with E-state index in [0.29, 0.717) is 19.0 Å². The van der Waals surface area contributed by atoms with E-state index in [1.807, 2.05) is 42.3 Å². The highest BCUT2D eigenvalue weighted by Gasteiger charge is 2.32. The summed E-state index contributed by atoms with van der Waals surface area (Å²) in [4.78, 5) is 17.0. The summed E-state index contributed by atoms with van der Waals surface area (Å²) < 4.78 is 13.3. The van der Waals surface area contributed by atoms with Crippen LogP contribution in [0.4, 0.5) is 10.1 Å². The monoisotopic (exact) mass is 340 g/mol. The van der Waals surface area contributed by atoms with Crippen LogP contribution in [0.2, 0.25) is 0 Å². The first kappa shape index (κ1) is 17.5. The third kappa shape index (κ3) is 4.38. The summed E-state index contributed by atoms with van der Waals surface area (Å²) in [7, 11) is 2.03. The Kier molecular flexibility index (Phi) is 5.37. The lowest BCUT2D eigenvalue weighted by atomic mass is 10.1. The highest BCUT2D eigenvalue weighted by molar-refractivity contribution is 5.95. The standard InChI is InChI=1S/C21H25FN2O/c1-3-23(2)19-9-7-17(8-10-19)21(25)24(20-11-12-20)14-13-16-5-4-6-18(22)15-16/h4-10,15,20H,3,11-14H2,1-2H3. The van der Waals surface area contributed by atoms with Gasteiger partial charge < -0.3 is 9.80 Å². The molecule has 0 aromatic heterocycles. The van der Waals surface area contributed by atoms with Crippen LogP contribution in [-0.2, 0) is 6.42 Å². The molecule has 0 N–H and O–H groups in total. The molecular formula is C21H25FN2O. The molecule has 0 spiro atoms. The second-order valence-electron chi connectivity index (χ2n) is 6.67. The average molecular weight is 340 g/mol. The largest absolute Gasteiger partial charge is 0.375 e. The molecule has 0 unspecified atom stereocenters. The van der Waals surface area contributed by atoms with Crippen LogP contribution in [0.15, 0.2) is 48.5 Å². The minimum Gasteiger partial charge on any atom is -0.375 e. The first-order chi connectivity index (χ1) is 12.1. The Morgan fingerprint density at radius 2 is 1.88 bits per heavy atom. The molecule has 0 aliphatic heterocycles. The molecular weight excluding hydrogens is 315 g/mol. The van der Waals surface area contributed by atoms with E-state index >= 15 is 0 Å². The van der Waals surface area contributed by atoms with Gasteiger partial charge in [0.05, 0.1) is 0 Å². The van der Waals surface area contributed by atoms with E-state index in [2.05, 4.69) is 11.8 Å². The molecule has 1 saturated carbocycles. The second-order valence-corrected chi connectivity index (χ2v) is 6.67. The Morgan fingerprint density at radius 3 is 2.48 bits per heavy atom. The molecule has 1 amide bonds. The fraction of sp³-hybridized carbons (Fsp3) is 0.381. The fourth-order valence-corrected chi connectivity index (χ4v) is 2.99. The third-order valence-electron chi connectivity index (χ3n) is 4.81. The van der Waals surface area contributed by atoms with Gasteiger partial charge in [-0.05, 0) is 68.1 Å². The first-order valence-corrected chi connectivity index (χ1v) is 8.95. The summed E-state index contributed by atoms with van der Waals surface area (Å²) in [6.45, 7) is 3.65. The van der Waals surface area contributed by atoms with Crippen molar-refractivity contribution in [1.29, 1.82) is 0 Å². The molecule has 1 aliphatic rings. The van der Waals surface area contributed by atoms with Gasteiger partial charge in [0, 0.05) is 37.4 Å². The maximum atomic E-state index is 13.3. The molecule has 25 heavy (non-hydrogen) atoms. The Hall–Kier alpha value is -2.36. The predicted octanol–water partition coefficient (Wildman–Crippen LogP) is 4.13. The van der Waals surface area contributed by atoms with Gasteiger partial charge in [0.25, 0.3) is 5.91 Å². The first-order valence-electron chi connectivity index (χ1n) is 8.95. The zero-order valence-electron chi connectivity index (χ0n) is 14.9. The van der Waals surface area contributed by atoms with E-state index in [0.717, 1.165) is 36.2 Å². The lowest BCUT2D eigenvalue weighted by Crippen LogP contribution is -2.35. The highest BCUT2D eigenvalue weighted by atomic mass is 19.1. The number of amides is 1. The SMILES string of the molecule is CCN(C)c1ccc(C(=O)N(CCc2cccc(F)c2)C2CC2)cc1. The number of nitrogens with zero attached hydrogens (tertiary/aromatic N) is 2. The van der Waals surface area contributed by atoms with Crippen LogP contribution in [-0.4, -0.2) is 37.0 Å². The van der Waals surface area contributed by atoms with Crippen LogP contribution in [0.1, 0.15) is 35.7 Å². The number of benzene rings is 2. The Labute approximate surface area is 149 Å². The van der Waals surface area contributed by atoms with Crippen LogP contribution in [0.3, 0.4) is 0 Å². The lowest BCUT2D eigenvalue weighted by Gasteiger charge is -2.23. The predicted molar refractivity (Wildman–Crippen MR) is 99.5 cm³/mol. The van der Waals surface area contributed by atoms with E-state index in [4.69, 9.17) is 0 Å². The second kappa shape index (κ2) is 7.68. The van der Waals surface area contributed by atoms with Crippen LogP contribution >= 0.6 is 0 Å². The van der Waals surface area contributed by atoms with E-state index < -0.39 is 0 Å². The summed E-state index contributed by atoms with van der Waals surface area (Å²) in [6.07, 6.45) is 2.80. The zero-order chi connectivity index (χ0) is 17.8. The van der Waals surface area contributed by atoms with E-state index in [9.17, 15) is 9.18 Å². The van der Waals surface area contributed by atoms with Crippen LogP contribution in [0, 0.1) is 5.82 Å². The van der Waals surface area contributed by atoms with E-state index in [1.165, 1.54) is 6.07 Å². The molecule has 3 nitrogen and oxygen atoms in total. The quantitative estimate of drug-likeness (QED) is 0.757. The number of carbonyl (C=O) groups is 1. The minimum atomic E-state index is -0.225. The van der Waals surface area contributed by atoms with Crippen molar-refractivity contribution in [1.82, 2.24) is 4.90 Å². The summed E-state index contributed by atoms with van der Waals surface area (Å²) in [6, 6.07) is 14.8. The van der Waals surface area contributed by atoms with Gasteiger partial charge in [-0.25, -0.2) is 4.39 Å². The maximum Gasteiger partial charge on any atom is 0.254 e. The topological polar surface area (TPSA) is 23.6 Å². The molecule has 0 heterocycles. The van der Waals surface area contributed by atoms with Gasteiger partial charge in [-0.2, -0.15) is 0 Å². The van der Waals surface area contributed by atoms with Crippen molar-refractivity contribution in [2.24, 2.45) is 0 Å². The number of hydrogen-bond donors (Lipinski definition) is 0. The Bertz CT molecular complexity index is 725. The van der Waals surface area contributed by atoms with Crippen molar-refractivity contribution >= 4 is 11.6 Å². The van der Waals surface area contributed by atoms with Crippen molar-refractivity contribution in [2.45, 2.75) is 32.2 Å². The van der Waals surface area contributed by atoms with Gasteiger partial charge in [0.1, 0.15) is 5.82 Å².